The number of hydrogen-bond acceptors (Lipinski definition) is 3. The molecule has 2 nitrogen and oxygen atoms in total. The van der Waals surface area contributed by atoms with Crippen molar-refractivity contribution in [3.05, 3.63) is 68.2 Å². The number of carbonyl (C=O) groups excluding carboxylic acids is 1. The van der Waals surface area contributed by atoms with E-state index in [-0.39, 0.29) is 5.91 Å². The van der Waals surface area contributed by atoms with Crippen molar-refractivity contribution < 1.29 is 9.18 Å². The number of halogens is 3. The number of thiocarbonyl (C=S) groups is 1. The molecule has 0 atom stereocenters. The van der Waals surface area contributed by atoms with Crippen LogP contribution in [0.15, 0.2) is 51.8 Å². The number of rotatable bonds is 2. The summed E-state index contributed by atoms with van der Waals surface area (Å²) >= 11 is 15.7. The molecule has 1 aliphatic heterocycles. The summed E-state index contributed by atoms with van der Waals surface area (Å²) in [5, 5.41) is 0.513. The number of amides is 1. The summed E-state index contributed by atoms with van der Waals surface area (Å²) in [6.45, 7) is 0. The van der Waals surface area contributed by atoms with Crippen LogP contribution in [-0.2, 0) is 4.79 Å². The molecule has 0 bridgehead atoms. The molecule has 1 heterocycles. The predicted molar refractivity (Wildman–Crippen MR) is 101 cm³/mol. The summed E-state index contributed by atoms with van der Waals surface area (Å²) < 4.78 is 15.0. The smallest absolute Gasteiger partial charge is 0.268 e. The number of carbonyl (C=O) groups is 1. The second-order valence-corrected chi connectivity index (χ2v) is 7.69. The van der Waals surface area contributed by atoms with Crippen molar-refractivity contribution in [3.8, 4) is 0 Å². The van der Waals surface area contributed by atoms with Crippen molar-refractivity contribution >= 4 is 73.5 Å². The molecular weight excluding hydrogens is 421 g/mol. The minimum Gasteiger partial charge on any atom is -0.268 e. The van der Waals surface area contributed by atoms with Crippen LogP contribution in [-0.4, -0.2) is 10.2 Å². The molecule has 0 radical (unpaired) electrons. The van der Waals surface area contributed by atoms with Gasteiger partial charge in [-0.1, -0.05) is 57.6 Å². The van der Waals surface area contributed by atoms with E-state index in [4.69, 9.17) is 23.8 Å². The van der Waals surface area contributed by atoms with Gasteiger partial charge in [0.15, 0.2) is 4.32 Å². The average Bonchev–Trinajstić information content (AvgIpc) is 2.77. The summed E-state index contributed by atoms with van der Waals surface area (Å²) in [7, 11) is 0. The average molecular weight is 429 g/mol. The van der Waals surface area contributed by atoms with E-state index < -0.39 is 5.82 Å². The second-order valence-electron chi connectivity index (χ2n) is 4.66. The molecule has 1 fully saturated rings. The first-order valence-corrected chi connectivity index (χ1v) is 8.84. The third-order valence-corrected chi connectivity index (χ3v) is 5.14. The van der Waals surface area contributed by atoms with Crippen LogP contribution in [0.3, 0.4) is 0 Å². The minimum atomic E-state index is -0.402. The molecule has 0 aromatic heterocycles. The van der Waals surface area contributed by atoms with Crippen LogP contribution in [0.4, 0.5) is 10.1 Å². The lowest BCUT2D eigenvalue weighted by atomic mass is 10.2. The lowest BCUT2D eigenvalue weighted by Gasteiger charge is -2.14. The molecule has 2 aromatic carbocycles. The first kappa shape index (κ1) is 16.6. The molecule has 0 N–H and O–H groups in total. The van der Waals surface area contributed by atoms with E-state index >= 15 is 0 Å². The molecule has 23 heavy (non-hydrogen) atoms. The lowest BCUT2D eigenvalue weighted by Crippen LogP contribution is -2.27. The van der Waals surface area contributed by atoms with Gasteiger partial charge in [-0.3, -0.25) is 9.69 Å². The van der Waals surface area contributed by atoms with E-state index in [0.717, 1.165) is 16.2 Å². The Kier molecular flexibility index (Phi) is 4.87. The highest BCUT2D eigenvalue weighted by atomic mass is 79.9. The molecule has 116 valence electrons. The molecule has 1 aliphatic rings. The maximum Gasteiger partial charge on any atom is 0.270 e. The maximum atomic E-state index is 13.9. The van der Waals surface area contributed by atoms with E-state index in [2.05, 4.69) is 15.9 Å². The second kappa shape index (κ2) is 6.73. The standard InChI is InChI=1S/C16H8BrClFNOS2/c17-10-4-5-13(19)9(6-10)7-14-15(21)20(16(22)23-14)12-3-1-2-11(18)8-12/h1-8H/b14-7-. The largest absolute Gasteiger partial charge is 0.270 e. The molecular formula is C16H8BrClFNOS2. The Morgan fingerprint density at radius 3 is 2.78 bits per heavy atom. The number of benzene rings is 2. The van der Waals surface area contributed by atoms with Crippen LogP contribution in [0.5, 0.6) is 0 Å². The van der Waals surface area contributed by atoms with Gasteiger partial charge in [-0.2, -0.15) is 0 Å². The van der Waals surface area contributed by atoms with Gasteiger partial charge < -0.3 is 0 Å². The Morgan fingerprint density at radius 2 is 2.04 bits per heavy atom. The maximum absolute atomic E-state index is 13.9. The fourth-order valence-electron chi connectivity index (χ4n) is 2.07. The van der Waals surface area contributed by atoms with Gasteiger partial charge in [-0.05, 0) is 42.5 Å². The van der Waals surface area contributed by atoms with Gasteiger partial charge in [0, 0.05) is 15.1 Å². The fourth-order valence-corrected chi connectivity index (χ4v) is 3.93. The van der Waals surface area contributed by atoms with Gasteiger partial charge in [0.2, 0.25) is 0 Å². The van der Waals surface area contributed by atoms with Crippen LogP contribution in [0.25, 0.3) is 6.08 Å². The van der Waals surface area contributed by atoms with Crippen molar-refractivity contribution in [2.24, 2.45) is 0 Å². The Morgan fingerprint density at radius 1 is 1.26 bits per heavy atom. The molecule has 7 heteroatoms. The van der Waals surface area contributed by atoms with Crippen molar-refractivity contribution in [1.29, 1.82) is 0 Å². The third-order valence-electron chi connectivity index (χ3n) is 3.10. The molecule has 3 rings (SSSR count). The minimum absolute atomic E-state index is 0.290. The summed E-state index contributed by atoms with van der Waals surface area (Å²) in [6.07, 6.45) is 1.50. The predicted octanol–water partition coefficient (Wildman–Crippen LogP) is 5.65. The Labute approximate surface area is 155 Å². The summed E-state index contributed by atoms with van der Waals surface area (Å²) in [5.74, 6) is -0.692. The van der Waals surface area contributed by atoms with Crippen LogP contribution in [0.2, 0.25) is 5.02 Å². The molecule has 0 aliphatic carbocycles. The van der Waals surface area contributed by atoms with E-state index in [1.165, 1.54) is 17.0 Å². The molecule has 0 saturated carbocycles. The highest BCUT2D eigenvalue weighted by Crippen LogP contribution is 2.37. The zero-order valence-electron chi connectivity index (χ0n) is 11.4. The lowest BCUT2D eigenvalue weighted by molar-refractivity contribution is -0.113. The first-order valence-electron chi connectivity index (χ1n) is 6.44. The van der Waals surface area contributed by atoms with Crippen LogP contribution >= 0.6 is 51.5 Å². The highest BCUT2D eigenvalue weighted by molar-refractivity contribution is 9.10. The first-order chi connectivity index (χ1) is 11.0. The van der Waals surface area contributed by atoms with Gasteiger partial charge in [-0.25, -0.2) is 4.39 Å². The van der Waals surface area contributed by atoms with Gasteiger partial charge in [-0.15, -0.1) is 0 Å². The topological polar surface area (TPSA) is 20.3 Å². The quantitative estimate of drug-likeness (QED) is 0.455. The SMILES string of the molecule is O=C1/C(=C/c2cc(Br)ccc2F)SC(=S)N1c1cccc(Cl)c1. The Hall–Kier alpha value is -1.21. The summed E-state index contributed by atoms with van der Waals surface area (Å²) in [5.41, 5.74) is 0.920. The fraction of sp³-hybridized carbons (Fsp3) is 0. The monoisotopic (exact) mass is 427 g/mol. The van der Waals surface area contributed by atoms with Gasteiger partial charge >= 0.3 is 0 Å². The van der Waals surface area contributed by atoms with E-state index in [9.17, 15) is 9.18 Å². The van der Waals surface area contributed by atoms with Gasteiger partial charge in [0.05, 0.1) is 10.6 Å². The number of hydrogen-bond donors (Lipinski definition) is 0. The number of nitrogens with zero attached hydrogens (tertiary/aromatic N) is 1. The Balaban J connectivity index is 1.98. The van der Waals surface area contributed by atoms with E-state index in [1.54, 1.807) is 36.4 Å². The highest BCUT2D eigenvalue weighted by Gasteiger charge is 2.33. The van der Waals surface area contributed by atoms with Crippen molar-refractivity contribution in [2.75, 3.05) is 4.90 Å². The summed E-state index contributed by atoms with van der Waals surface area (Å²) in [4.78, 5) is 14.4. The molecule has 0 unspecified atom stereocenters. The zero-order valence-corrected chi connectivity index (χ0v) is 15.4. The van der Waals surface area contributed by atoms with E-state index in [0.29, 0.717) is 25.5 Å². The van der Waals surface area contributed by atoms with Crippen molar-refractivity contribution in [3.63, 3.8) is 0 Å². The van der Waals surface area contributed by atoms with Crippen LogP contribution < -0.4 is 4.90 Å². The molecule has 1 amide bonds. The van der Waals surface area contributed by atoms with Crippen LogP contribution in [0.1, 0.15) is 5.56 Å². The number of anilines is 1. The Bertz CT molecular complexity index is 856. The van der Waals surface area contributed by atoms with Crippen molar-refractivity contribution in [2.45, 2.75) is 0 Å². The zero-order chi connectivity index (χ0) is 16.6. The molecule has 2 aromatic rings. The number of thioether (sulfide) groups is 1. The van der Waals surface area contributed by atoms with E-state index in [1.807, 2.05) is 0 Å². The van der Waals surface area contributed by atoms with Gasteiger partial charge in [0.25, 0.3) is 5.91 Å². The summed E-state index contributed by atoms with van der Waals surface area (Å²) in [6, 6.07) is 11.4. The van der Waals surface area contributed by atoms with Gasteiger partial charge in [0.1, 0.15) is 5.82 Å². The normalized spacial score (nSPS) is 16.5. The van der Waals surface area contributed by atoms with Crippen molar-refractivity contribution in [1.82, 2.24) is 0 Å². The van der Waals surface area contributed by atoms with Crippen LogP contribution in [0, 0.1) is 5.82 Å². The molecule has 0 spiro atoms. The molecule has 1 saturated heterocycles. The third kappa shape index (κ3) is 3.50.